The zero-order chi connectivity index (χ0) is 28.3. The second-order valence-corrected chi connectivity index (χ2v) is 27.3. The predicted molar refractivity (Wildman–Crippen MR) is 172 cm³/mol. The van der Waals surface area contributed by atoms with Crippen molar-refractivity contribution in [3.05, 3.63) is 157 Å². The fourth-order valence-electron chi connectivity index (χ4n) is 4.32. The van der Waals surface area contributed by atoms with Gasteiger partial charge >= 0.3 is 115 Å². The molecule has 202 valence electrons. The first-order valence-corrected chi connectivity index (χ1v) is 24.6. The number of halogens is 2. The van der Waals surface area contributed by atoms with Gasteiger partial charge in [0.2, 0.25) is 0 Å². The molecule has 41 heavy (non-hydrogen) atoms. The summed E-state index contributed by atoms with van der Waals surface area (Å²) in [6, 6.07) is 43.9. The predicted octanol–water partition coefficient (Wildman–Crippen LogP) is 8.74. The van der Waals surface area contributed by atoms with Crippen LogP contribution in [-0.4, -0.2) is 36.1 Å². The molecule has 0 aliphatic carbocycles. The Hall–Kier alpha value is -3.58. The molecule has 0 aliphatic rings. The number of benzene rings is 2. The summed E-state index contributed by atoms with van der Waals surface area (Å²) in [7, 11) is 13.2. The zero-order valence-corrected chi connectivity index (χ0v) is 26.7. The van der Waals surface area contributed by atoms with Gasteiger partial charge < -0.3 is 0 Å². The van der Waals surface area contributed by atoms with Crippen LogP contribution in [0.5, 0.6) is 0 Å². The second-order valence-electron chi connectivity index (χ2n) is 9.43. The third kappa shape index (κ3) is 8.70. The normalized spacial score (nSPS) is 10.9. The zero-order valence-electron chi connectivity index (χ0n) is 22.3. The fourth-order valence-corrected chi connectivity index (χ4v) is 13.6. The maximum Gasteiger partial charge on any atom is 0.0894 e. The number of aromatic nitrogens is 4. The van der Waals surface area contributed by atoms with Crippen molar-refractivity contribution in [2.24, 2.45) is 0 Å². The van der Waals surface area contributed by atoms with Gasteiger partial charge in [-0.05, 0) is 48.5 Å². The first-order valence-electron chi connectivity index (χ1n) is 13.3. The maximum atomic E-state index is 6.58. The Morgan fingerprint density at radius 2 is 0.732 bits per heavy atom. The fraction of sp³-hybridized carbons (Fsp3) is 0.0588. The minimum Gasteiger partial charge on any atom is -0.255 e. The van der Waals surface area contributed by atoms with Crippen molar-refractivity contribution in [3.63, 3.8) is 0 Å². The van der Waals surface area contributed by atoms with E-state index in [0.717, 1.165) is 43.0 Å². The molecule has 0 N–H and O–H groups in total. The minimum absolute atomic E-state index is 0.816. The van der Waals surface area contributed by atoms with Crippen molar-refractivity contribution >= 4 is 34.0 Å². The Balaban J connectivity index is 0.000000175. The van der Waals surface area contributed by atoms with Crippen molar-refractivity contribution in [2.45, 2.75) is 8.87 Å². The molecule has 0 atom stereocenters. The molecule has 0 spiro atoms. The van der Waals surface area contributed by atoms with Gasteiger partial charge in [0.1, 0.15) is 0 Å². The molecule has 0 bridgehead atoms. The first-order chi connectivity index (χ1) is 20.1. The standard InChI is InChI=1S/C20H14N4.2C7H7.2ClH.Sn/c1-3-13-21-15(7-1)17-9-5-11-19(23-17)20-12-6-10-18(24-20)16-8-2-4-14-22-16;2*1-7-5-3-2-4-6-7;;;/h1-14H;2*2-6H,1H2;2*1H;/q;;;;;+2/p-2. The third-order valence-corrected chi connectivity index (χ3v) is 15.1. The molecule has 0 amide bonds. The summed E-state index contributed by atoms with van der Waals surface area (Å²) >= 11 is -3.01. The van der Waals surface area contributed by atoms with Crippen LogP contribution in [0.15, 0.2) is 146 Å². The quantitative estimate of drug-likeness (QED) is 0.158. The molecule has 0 aliphatic heterocycles. The molecule has 0 saturated heterocycles. The van der Waals surface area contributed by atoms with Crippen molar-refractivity contribution in [1.29, 1.82) is 0 Å². The van der Waals surface area contributed by atoms with Gasteiger partial charge in [-0.1, -0.05) is 24.3 Å². The molecule has 2 aromatic carbocycles. The molecule has 6 rings (SSSR count). The van der Waals surface area contributed by atoms with Gasteiger partial charge in [0.05, 0.1) is 34.2 Å². The van der Waals surface area contributed by atoms with Gasteiger partial charge in [0.25, 0.3) is 0 Å². The van der Waals surface area contributed by atoms with Gasteiger partial charge in [0.15, 0.2) is 0 Å². The average Bonchev–Trinajstić information content (AvgIpc) is 3.03. The summed E-state index contributed by atoms with van der Waals surface area (Å²) in [6.07, 6.45) is 3.53. The minimum atomic E-state index is -3.01. The van der Waals surface area contributed by atoms with Gasteiger partial charge in [0, 0.05) is 12.4 Å². The summed E-state index contributed by atoms with van der Waals surface area (Å²) in [6.45, 7) is 0. The van der Waals surface area contributed by atoms with Crippen LogP contribution in [-0.2, 0) is 8.87 Å². The number of hydrogen-bond donors (Lipinski definition) is 0. The molecule has 4 nitrogen and oxygen atoms in total. The molecule has 0 unspecified atom stereocenters. The van der Waals surface area contributed by atoms with Gasteiger partial charge in [-0.25, -0.2) is 9.97 Å². The summed E-state index contributed by atoms with van der Waals surface area (Å²) in [5.41, 5.74) is 7.50. The van der Waals surface area contributed by atoms with Crippen LogP contribution < -0.4 is 0 Å². The van der Waals surface area contributed by atoms with Crippen LogP contribution >= 0.6 is 17.8 Å². The largest absolute Gasteiger partial charge is 0.255 e. The number of pyridine rings is 4. The van der Waals surface area contributed by atoms with Crippen LogP contribution in [0.2, 0.25) is 0 Å². The molecule has 0 fully saturated rings. The van der Waals surface area contributed by atoms with Crippen LogP contribution in [0.1, 0.15) is 11.1 Å². The Labute approximate surface area is 252 Å². The van der Waals surface area contributed by atoms with Gasteiger partial charge in [-0.2, -0.15) is 0 Å². The number of nitrogens with zero attached hydrogens (tertiary/aromatic N) is 4. The summed E-state index contributed by atoms with van der Waals surface area (Å²) in [5, 5.41) is 0. The van der Waals surface area contributed by atoms with E-state index in [4.69, 9.17) is 27.8 Å². The second kappa shape index (κ2) is 14.4. The molecular formula is C34H28Cl2N4Sn. The van der Waals surface area contributed by atoms with Crippen molar-refractivity contribution in [3.8, 4) is 34.2 Å². The van der Waals surface area contributed by atoms with E-state index in [9.17, 15) is 0 Å². The molecule has 4 heterocycles. The molecule has 0 radical (unpaired) electrons. The van der Waals surface area contributed by atoms with E-state index >= 15 is 0 Å². The number of rotatable bonds is 7. The van der Waals surface area contributed by atoms with Crippen LogP contribution in [0, 0.1) is 0 Å². The Bertz CT molecular complexity index is 1530. The molecular weight excluding hydrogens is 654 g/mol. The van der Waals surface area contributed by atoms with E-state index in [1.54, 1.807) is 12.4 Å². The van der Waals surface area contributed by atoms with E-state index in [2.05, 4.69) is 34.2 Å². The van der Waals surface area contributed by atoms with Crippen LogP contribution in [0.25, 0.3) is 34.2 Å². The van der Waals surface area contributed by atoms with Gasteiger partial charge in [-0.3, -0.25) is 9.97 Å². The molecule has 6 aromatic rings. The Morgan fingerprint density at radius 1 is 0.390 bits per heavy atom. The molecule has 0 saturated carbocycles. The van der Waals surface area contributed by atoms with E-state index in [0.29, 0.717) is 0 Å². The van der Waals surface area contributed by atoms with E-state index in [1.807, 2.05) is 109 Å². The van der Waals surface area contributed by atoms with Crippen molar-refractivity contribution in [2.75, 3.05) is 0 Å². The summed E-state index contributed by atoms with van der Waals surface area (Å²) in [4.78, 5) is 18.1. The molecule has 7 heteroatoms. The van der Waals surface area contributed by atoms with E-state index in [-0.39, 0.29) is 0 Å². The van der Waals surface area contributed by atoms with Crippen LogP contribution in [0.3, 0.4) is 0 Å². The number of hydrogen-bond acceptors (Lipinski definition) is 4. The monoisotopic (exact) mass is 682 g/mol. The Kier molecular flexibility index (Phi) is 10.1. The van der Waals surface area contributed by atoms with Crippen LogP contribution in [0.4, 0.5) is 0 Å². The smallest absolute Gasteiger partial charge is 0.0894 e. The summed E-state index contributed by atoms with van der Waals surface area (Å²) < 4.78 is 1.74. The SMILES string of the molecule is [Cl][Sn]([Cl])([CH2]c1ccccc1)[CH2]c1ccccc1.c1ccc(-c2cccc(-c3cccc(-c4ccccn4)n3)n2)nc1. The third-order valence-electron chi connectivity index (χ3n) is 6.23. The topological polar surface area (TPSA) is 51.6 Å². The summed E-state index contributed by atoms with van der Waals surface area (Å²) in [5.74, 6) is 0. The molecule has 4 aromatic heterocycles. The maximum absolute atomic E-state index is 6.58. The van der Waals surface area contributed by atoms with Crippen molar-refractivity contribution in [1.82, 2.24) is 19.9 Å². The van der Waals surface area contributed by atoms with E-state index < -0.39 is 16.1 Å². The van der Waals surface area contributed by atoms with E-state index in [1.165, 1.54) is 11.1 Å². The van der Waals surface area contributed by atoms with Gasteiger partial charge in [-0.15, -0.1) is 0 Å². The Morgan fingerprint density at radius 3 is 1.10 bits per heavy atom. The first kappa shape index (κ1) is 28.9. The average molecular weight is 682 g/mol. The van der Waals surface area contributed by atoms with Crippen molar-refractivity contribution < 1.29 is 0 Å².